The van der Waals surface area contributed by atoms with Crippen LogP contribution in [0.2, 0.25) is 5.02 Å². The lowest BCUT2D eigenvalue weighted by molar-refractivity contribution is 0.279. The minimum Gasteiger partial charge on any atom is -0.493 e. The van der Waals surface area contributed by atoms with E-state index >= 15 is 0 Å². The maximum atomic E-state index is 13.8. The molecule has 3 aromatic carbocycles. The van der Waals surface area contributed by atoms with Crippen molar-refractivity contribution in [1.29, 1.82) is 0 Å². The van der Waals surface area contributed by atoms with E-state index in [0.29, 0.717) is 40.1 Å². The molecule has 0 saturated carbocycles. The van der Waals surface area contributed by atoms with Crippen molar-refractivity contribution in [1.82, 2.24) is 5.32 Å². The Labute approximate surface area is 193 Å². The maximum absolute atomic E-state index is 13.8. The van der Waals surface area contributed by atoms with E-state index in [1.54, 1.807) is 45.6 Å². The molecule has 0 unspecified atom stereocenters. The lowest BCUT2D eigenvalue weighted by Crippen LogP contribution is -2.17. The fourth-order valence-corrected chi connectivity index (χ4v) is 3.47. The monoisotopic (exact) mass is 459 g/mol. The van der Waals surface area contributed by atoms with E-state index < -0.39 is 0 Å². The van der Waals surface area contributed by atoms with Crippen molar-refractivity contribution < 1.29 is 23.3 Å². The zero-order valence-corrected chi connectivity index (χ0v) is 19.2. The molecule has 3 aromatic rings. The molecule has 7 heteroatoms. The molecule has 32 heavy (non-hydrogen) atoms. The molecule has 0 aliphatic rings. The van der Waals surface area contributed by atoms with Gasteiger partial charge in [0.05, 0.1) is 21.3 Å². The molecule has 3 rings (SSSR count). The Kier molecular flexibility index (Phi) is 8.59. The molecule has 0 atom stereocenters. The van der Waals surface area contributed by atoms with Crippen LogP contribution >= 0.6 is 11.6 Å². The van der Waals surface area contributed by atoms with E-state index in [4.69, 9.17) is 30.5 Å². The van der Waals surface area contributed by atoms with Crippen molar-refractivity contribution >= 4 is 11.6 Å². The van der Waals surface area contributed by atoms with E-state index in [1.807, 2.05) is 24.3 Å². The van der Waals surface area contributed by atoms with E-state index in [9.17, 15) is 4.39 Å². The number of ether oxygens (including phenoxy) is 4. The predicted molar refractivity (Wildman–Crippen MR) is 124 cm³/mol. The largest absolute Gasteiger partial charge is 0.493 e. The van der Waals surface area contributed by atoms with Crippen LogP contribution in [0, 0.1) is 5.82 Å². The molecule has 1 N–H and O–H groups in total. The van der Waals surface area contributed by atoms with E-state index in [-0.39, 0.29) is 12.4 Å². The van der Waals surface area contributed by atoms with Crippen LogP contribution in [0.25, 0.3) is 0 Å². The molecule has 0 bridgehead atoms. The Morgan fingerprint density at radius 2 is 1.53 bits per heavy atom. The van der Waals surface area contributed by atoms with Gasteiger partial charge in [0.1, 0.15) is 12.4 Å². The van der Waals surface area contributed by atoms with Gasteiger partial charge in [-0.1, -0.05) is 35.9 Å². The summed E-state index contributed by atoms with van der Waals surface area (Å²) < 4.78 is 35.7. The highest BCUT2D eigenvalue weighted by atomic mass is 35.5. The average molecular weight is 460 g/mol. The summed E-state index contributed by atoms with van der Waals surface area (Å²) >= 11 is 6.46. The summed E-state index contributed by atoms with van der Waals surface area (Å²) in [5, 5.41) is 3.94. The Morgan fingerprint density at radius 3 is 2.25 bits per heavy atom. The van der Waals surface area contributed by atoms with Gasteiger partial charge in [-0.3, -0.25) is 0 Å². The van der Waals surface area contributed by atoms with E-state index in [0.717, 1.165) is 24.1 Å². The number of benzene rings is 3. The number of methoxy groups -OCH3 is 3. The first kappa shape index (κ1) is 23.7. The summed E-state index contributed by atoms with van der Waals surface area (Å²) in [4.78, 5) is 0. The zero-order valence-electron chi connectivity index (χ0n) is 18.4. The molecule has 0 aliphatic heterocycles. The van der Waals surface area contributed by atoms with E-state index in [2.05, 4.69) is 5.32 Å². The molecule has 170 valence electrons. The fraction of sp³-hybridized carbons (Fsp3) is 0.280. The first-order valence-electron chi connectivity index (χ1n) is 10.2. The highest BCUT2D eigenvalue weighted by Crippen LogP contribution is 2.34. The van der Waals surface area contributed by atoms with Crippen LogP contribution in [0.3, 0.4) is 0 Å². The summed E-state index contributed by atoms with van der Waals surface area (Å²) in [5.74, 6) is 2.12. The van der Waals surface area contributed by atoms with Crippen molar-refractivity contribution in [3.63, 3.8) is 0 Å². The third kappa shape index (κ3) is 6.05. The Balaban J connectivity index is 1.58. The highest BCUT2D eigenvalue weighted by Gasteiger charge is 2.12. The second kappa shape index (κ2) is 11.6. The second-order valence-corrected chi connectivity index (χ2v) is 7.50. The summed E-state index contributed by atoms with van der Waals surface area (Å²) in [6.45, 7) is 1.40. The summed E-state index contributed by atoms with van der Waals surface area (Å²) in [6, 6.07) is 15.9. The Hall–Kier alpha value is -2.96. The van der Waals surface area contributed by atoms with Gasteiger partial charge in [0.2, 0.25) is 0 Å². The Bertz CT molecular complexity index is 1040. The third-order valence-corrected chi connectivity index (χ3v) is 5.38. The van der Waals surface area contributed by atoms with Crippen molar-refractivity contribution in [3.05, 3.63) is 82.1 Å². The van der Waals surface area contributed by atoms with Gasteiger partial charge in [0.25, 0.3) is 0 Å². The molecule has 0 fully saturated rings. The van der Waals surface area contributed by atoms with Crippen LogP contribution in [0.15, 0.2) is 54.6 Å². The van der Waals surface area contributed by atoms with Crippen molar-refractivity contribution in [3.8, 4) is 23.0 Å². The van der Waals surface area contributed by atoms with Crippen LogP contribution in [0.5, 0.6) is 23.0 Å². The predicted octanol–water partition coefficient (Wildman–Crippen LogP) is 5.42. The zero-order chi connectivity index (χ0) is 22.9. The number of hydrogen-bond acceptors (Lipinski definition) is 5. The molecule has 0 aliphatic carbocycles. The first-order chi connectivity index (χ1) is 15.5. The summed E-state index contributed by atoms with van der Waals surface area (Å²) in [5.41, 5.74) is 2.48. The standard InChI is InChI=1S/C25H27ClFNO4/c1-29-22-9-8-17(12-23(22)30-2)10-11-28-15-19-13-24(31-3)25(14-20(19)26)32-16-18-6-4-5-7-21(18)27/h4-9,12-14,28H,10-11,15-16H2,1-3H3. The average Bonchev–Trinajstić information content (AvgIpc) is 2.82. The van der Waals surface area contributed by atoms with Gasteiger partial charge in [0.15, 0.2) is 23.0 Å². The first-order valence-corrected chi connectivity index (χ1v) is 10.6. The second-order valence-electron chi connectivity index (χ2n) is 7.09. The molecule has 0 heterocycles. The van der Waals surface area contributed by atoms with Gasteiger partial charge in [-0.2, -0.15) is 0 Å². The minimum absolute atomic E-state index is 0.0856. The lowest BCUT2D eigenvalue weighted by atomic mass is 10.1. The molecule has 0 spiro atoms. The Morgan fingerprint density at radius 1 is 0.812 bits per heavy atom. The third-order valence-electron chi connectivity index (χ3n) is 5.03. The van der Waals surface area contributed by atoms with Gasteiger partial charge in [-0.05, 0) is 48.4 Å². The van der Waals surface area contributed by atoms with Gasteiger partial charge < -0.3 is 24.3 Å². The molecule has 0 saturated heterocycles. The molecule has 0 aromatic heterocycles. The van der Waals surface area contributed by atoms with Crippen LogP contribution in [-0.4, -0.2) is 27.9 Å². The number of halogens is 2. The van der Waals surface area contributed by atoms with Gasteiger partial charge >= 0.3 is 0 Å². The fourth-order valence-electron chi connectivity index (χ4n) is 3.25. The van der Waals surface area contributed by atoms with Crippen molar-refractivity contribution in [2.75, 3.05) is 27.9 Å². The van der Waals surface area contributed by atoms with Crippen LogP contribution in [0.1, 0.15) is 16.7 Å². The number of hydrogen-bond donors (Lipinski definition) is 1. The lowest BCUT2D eigenvalue weighted by Gasteiger charge is -2.15. The quantitative estimate of drug-likeness (QED) is 0.388. The van der Waals surface area contributed by atoms with Gasteiger partial charge in [0, 0.05) is 23.2 Å². The van der Waals surface area contributed by atoms with E-state index in [1.165, 1.54) is 6.07 Å². The number of rotatable bonds is 11. The van der Waals surface area contributed by atoms with Crippen molar-refractivity contribution in [2.45, 2.75) is 19.6 Å². The topological polar surface area (TPSA) is 49.0 Å². The van der Waals surface area contributed by atoms with Crippen molar-refractivity contribution in [2.24, 2.45) is 0 Å². The maximum Gasteiger partial charge on any atom is 0.163 e. The van der Waals surface area contributed by atoms with Gasteiger partial charge in [-0.15, -0.1) is 0 Å². The number of nitrogens with one attached hydrogen (secondary N) is 1. The van der Waals surface area contributed by atoms with Crippen LogP contribution in [-0.2, 0) is 19.6 Å². The SMILES string of the molecule is COc1ccc(CCNCc2cc(OC)c(OCc3ccccc3F)cc2Cl)cc1OC. The molecule has 0 radical (unpaired) electrons. The van der Waals surface area contributed by atoms with Gasteiger partial charge in [-0.25, -0.2) is 4.39 Å². The summed E-state index contributed by atoms with van der Waals surface area (Å²) in [7, 11) is 4.81. The molecule has 5 nitrogen and oxygen atoms in total. The normalized spacial score (nSPS) is 10.7. The summed E-state index contributed by atoms with van der Waals surface area (Å²) in [6.07, 6.45) is 0.818. The molecular formula is C25H27ClFNO4. The van der Waals surface area contributed by atoms with Crippen LogP contribution in [0.4, 0.5) is 4.39 Å². The molecular weight excluding hydrogens is 433 g/mol. The minimum atomic E-state index is -0.312. The highest BCUT2D eigenvalue weighted by molar-refractivity contribution is 6.31. The molecule has 0 amide bonds. The van der Waals surface area contributed by atoms with Crippen LogP contribution < -0.4 is 24.3 Å². The smallest absolute Gasteiger partial charge is 0.163 e.